The van der Waals surface area contributed by atoms with E-state index in [1.54, 1.807) is 0 Å². The van der Waals surface area contributed by atoms with Crippen LogP contribution in [-0.4, -0.2) is 23.1 Å². The highest BCUT2D eigenvalue weighted by molar-refractivity contribution is 5.36. The normalized spacial score (nSPS) is 10.5. The van der Waals surface area contributed by atoms with Crippen molar-refractivity contribution in [2.45, 2.75) is 33.6 Å². The van der Waals surface area contributed by atoms with Crippen molar-refractivity contribution in [3.8, 4) is 5.88 Å². The lowest BCUT2D eigenvalue weighted by atomic mass is 10.1. The Labute approximate surface area is 97.5 Å². The van der Waals surface area contributed by atoms with Crippen molar-refractivity contribution in [1.29, 1.82) is 0 Å². The first-order chi connectivity index (χ1) is 7.72. The van der Waals surface area contributed by atoms with Gasteiger partial charge in [-0.25, -0.2) is 9.97 Å². The number of hydrogen-bond acceptors (Lipinski definition) is 4. The SMILES string of the molecule is CCCNc1cc(OCCC(C)C)ncn1. The minimum Gasteiger partial charge on any atom is -0.478 e. The number of anilines is 1. The maximum absolute atomic E-state index is 5.55. The van der Waals surface area contributed by atoms with Crippen molar-refractivity contribution in [1.82, 2.24) is 9.97 Å². The van der Waals surface area contributed by atoms with Gasteiger partial charge in [-0.05, 0) is 18.8 Å². The Bertz CT molecular complexity index is 302. The quantitative estimate of drug-likeness (QED) is 0.772. The Hall–Kier alpha value is -1.32. The number of nitrogens with zero attached hydrogens (tertiary/aromatic N) is 2. The lowest BCUT2D eigenvalue weighted by molar-refractivity contribution is 0.279. The molecule has 0 bridgehead atoms. The van der Waals surface area contributed by atoms with Crippen LogP contribution < -0.4 is 10.1 Å². The molecule has 0 saturated carbocycles. The number of aromatic nitrogens is 2. The van der Waals surface area contributed by atoms with Crippen molar-refractivity contribution in [2.75, 3.05) is 18.5 Å². The Morgan fingerprint density at radius 2 is 2.19 bits per heavy atom. The fourth-order valence-electron chi connectivity index (χ4n) is 1.17. The van der Waals surface area contributed by atoms with Gasteiger partial charge < -0.3 is 10.1 Å². The molecule has 0 aliphatic heterocycles. The molecule has 0 atom stereocenters. The van der Waals surface area contributed by atoms with E-state index in [0.717, 1.165) is 25.2 Å². The first kappa shape index (κ1) is 12.7. The monoisotopic (exact) mass is 223 g/mol. The molecule has 0 saturated heterocycles. The molecule has 1 rings (SSSR count). The van der Waals surface area contributed by atoms with Gasteiger partial charge in [-0.15, -0.1) is 0 Å². The van der Waals surface area contributed by atoms with Crippen LogP contribution >= 0.6 is 0 Å². The summed E-state index contributed by atoms with van der Waals surface area (Å²) in [6, 6.07) is 1.84. The third kappa shape index (κ3) is 4.96. The Balaban J connectivity index is 2.40. The van der Waals surface area contributed by atoms with Crippen molar-refractivity contribution in [2.24, 2.45) is 5.92 Å². The highest BCUT2D eigenvalue weighted by Crippen LogP contribution is 2.11. The zero-order valence-electron chi connectivity index (χ0n) is 10.4. The molecule has 0 aliphatic carbocycles. The summed E-state index contributed by atoms with van der Waals surface area (Å²) in [7, 11) is 0. The summed E-state index contributed by atoms with van der Waals surface area (Å²) in [5.41, 5.74) is 0. The molecule has 1 aromatic heterocycles. The predicted molar refractivity (Wildman–Crippen MR) is 65.8 cm³/mol. The van der Waals surface area contributed by atoms with Crippen LogP contribution in [0.5, 0.6) is 5.88 Å². The minimum atomic E-state index is 0.647. The van der Waals surface area contributed by atoms with Gasteiger partial charge in [-0.3, -0.25) is 0 Å². The van der Waals surface area contributed by atoms with Gasteiger partial charge in [-0.1, -0.05) is 20.8 Å². The molecular formula is C12H21N3O. The first-order valence-electron chi connectivity index (χ1n) is 5.91. The van der Waals surface area contributed by atoms with Crippen molar-refractivity contribution in [3.05, 3.63) is 12.4 Å². The molecule has 1 N–H and O–H groups in total. The smallest absolute Gasteiger partial charge is 0.218 e. The van der Waals surface area contributed by atoms with E-state index in [1.807, 2.05) is 6.07 Å². The van der Waals surface area contributed by atoms with Crippen LogP contribution in [0.25, 0.3) is 0 Å². The van der Waals surface area contributed by atoms with Gasteiger partial charge in [0.05, 0.1) is 6.61 Å². The van der Waals surface area contributed by atoms with Crippen LogP contribution in [0, 0.1) is 5.92 Å². The second kappa shape index (κ2) is 7.04. The lowest BCUT2D eigenvalue weighted by Crippen LogP contribution is -2.05. The molecule has 16 heavy (non-hydrogen) atoms. The van der Waals surface area contributed by atoms with E-state index in [2.05, 4.69) is 36.1 Å². The lowest BCUT2D eigenvalue weighted by Gasteiger charge is -2.08. The van der Waals surface area contributed by atoms with E-state index < -0.39 is 0 Å². The van der Waals surface area contributed by atoms with Gasteiger partial charge in [-0.2, -0.15) is 0 Å². The highest BCUT2D eigenvalue weighted by Gasteiger charge is 2.00. The molecule has 0 unspecified atom stereocenters. The Morgan fingerprint density at radius 3 is 2.88 bits per heavy atom. The van der Waals surface area contributed by atoms with Gasteiger partial charge >= 0.3 is 0 Å². The number of hydrogen-bond donors (Lipinski definition) is 1. The molecule has 0 aromatic carbocycles. The summed E-state index contributed by atoms with van der Waals surface area (Å²) in [6.45, 7) is 8.10. The molecule has 0 aliphatic rings. The van der Waals surface area contributed by atoms with Crippen LogP contribution in [0.15, 0.2) is 12.4 Å². The molecule has 90 valence electrons. The minimum absolute atomic E-state index is 0.647. The van der Waals surface area contributed by atoms with Crippen molar-refractivity contribution < 1.29 is 4.74 Å². The fraction of sp³-hybridized carbons (Fsp3) is 0.667. The fourth-order valence-corrected chi connectivity index (χ4v) is 1.17. The van der Waals surface area contributed by atoms with Crippen LogP contribution in [0.2, 0.25) is 0 Å². The zero-order chi connectivity index (χ0) is 11.8. The van der Waals surface area contributed by atoms with Gasteiger partial charge in [0, 0.05) is 12.6 Å². The van der Waals surface area contributed by atoms with E-state index >= 15 is 0 Å². The molecule has 0 amide bonds. The summed E-state index contributed by atoms with van der Waals surface area (Å²) < 4.78 is 5.55. The van der Waals surface area contributed by atoms with Crippen molar-refractivity contribution in [3.63, 3.8) is 0 Å². The molecule has 0 radical (unpaired) electrons. The van der Waals surface area contributed by atoms with Gasteiger partial charge in [0.1, 0.15) is 12.1 Å². The standard InChI is InChI=1S/C12H21N3O/c1-4-6-13-11-8-12(15-9-14-11)16-7-5-10(2)3/h8-10H,4-7H2,1-3H3,(H,13,14,15). The zero-order valence-corrected chi connectivity index (χ0v) is 10.4. The van der Waals surface area contributed by atoms with E-state index in [-0.39, 0.29) is 0 Å². The summed E-state index contributed by atoms with van der Waals surface area (Å²) >= 11 is 0. The Morgan fingerprint density at radius 1 is 1.38 bits per heavy atom. The first-order valence-corrected chi connectivity index (χ1v) is 5.91. The highest BCUT2D eigenvalue weighted by atomic mass is 16.5. The summed E-state index contributed by atoms with van der Waals surface area (Å²) in [5.74, 6) is 2.13. The molecule has 4 heteroatoms. The van der Waals surface area contributed by atoms with Crippen molar-refractivity contribution >= 4 is 5.82 Å². The number of ether oxygens (including phenoxy) is 1. The maximum atomic E-state index is 5.55. The average molecular weight is 223 g/mol. The van der Waals surface area contributed by atoms with Gasteiger partial charge in [0.25, 0.3) is 0 Å². The second-order valence-corrected chi connectivity index (χ2v) is 4.20. The van der Waals surface area contributed by atoms with E-state index in [9.17, 15) is 0 Å². The number of rotatable bonds is 7. The molecule has 4 nitrogen and oxygen atoms in total. The average Bonchev–Trinajstić information content (AvgIpc) is 2.26. The molecular weight excluding hydrogens is 202 g/mol. The summed E-state index contributed by atoms with van der Waals surface area (Å²) in [5, 5.41) is 3.20. The van der Waals surface area contributed by atoms with Crippen LogP contribution in [0.1, 0.15) is 33.6 Å². The third-order valence-electron chi connectivity index (χ3n) is 2.14. The summed E-state index contributed by atoms with van der Waals surface area (Å²) in [6.07, 6.45) is 3.65. The van der Waals surface area contributed by atoms with Crippen LogP contribution in [-0.2, 0) is 0 Å². The topological polar surface area (TPSA) is 47.0 Å². The predicted octanol–water partition coefficient (Wildman–Crippen LogP) is 2.72. The van der Waals surface area contributed by atoms with Gasteiger partial charge in [0.15, 0.2) is 0 Å². The van der Waals surface area contributed by atoms with Gasteiger partial charge in [0.2, 0.25) is 5.88 Å². The largest absolute Gasteiger partial charge is 0.478 e. The molecule has 1 aromatic rings. The number of nitrogens with one attached hydrogen (secondary N) is 1. The van der Waals surface area contributed by atoms with Crippen LogP contribution in [0.4, 0.5) is 5.82 Å². The van der Waals surface area contributed by atoms with E-state index in [4.69, 9.17) is 4.74 Å². The van der Waals surface area contributed by atoms with Crippen LogP contribution in [0.3, 0.4) is 0 Å². The molecule has 1 heterocycles. The summed E-state index contributed by atoms with van der Waals surface area (Å²) in [4.78, 5) is 8.19. The van der Waals surface area contributed by atoms with E-state index in [0.29, 0.717) is 18.4 Å². The molecule has 0 spiro atoms. The van der Waals surface area contributed by atoms with E-state index in [1.165, 1.54) is 6.33 Å². The second-order valence-electron chi connectivity index (χ2n) is 4.20. The Kier molecular flexibility index (Phi) is 5.61. The molecule has 0 fully saturated rings. The maximum Gasteiger partial charge on any atom is 0.218 e. The third-order valence-corrected chi connectivity index (χ3v) is 2.14.